The molecule has 1 N–H and O–H groups in total. The molecular weight excluding hydrogens is 424 g/mol. The number of carboxylic acids is 1. The molecule has 3 aromatic rings. The van der Waals surface area contributed by atoms with Gasteiger partial charge >= 0.3 is 5.97 Å². The van der Waals surface area contributed by atoms with Gasteiger partial charge in [0.1, 0.15) is 18.2 Å². The molecule has 0 saturated carbocycles. The SMILES string of the molecule is O=C(O)c1cc(C2=C(c3cc(Cl)cnc3OCc3ccccc3F)CCC2)ccc1F. The molecule has 1 heterocycles. The molecule has 0 spiro atoms. The minimum Gasteiger partial charge on any atom is -0.478 e. The van der Waals surface area contributed by atoms with Gasteiger partial charge in [0.2, 0.25) is 5.88 Å². The molecule has 0 atom stereocenters. The predicted octanol–water partition coefficient (Wildman–Crippen LogP) is 6.39. The Bertz CT molecular complexity index is 1190. The van der Waals surface area contributed by atoms with Crippen LogP contribution in [0.5, 0.6) is 5.88 Å². The standard InChI is InChI=1S/C24H18ClF2NO3/c25-16-11-19(23(28-12-16)31-13-15-4-1-2-7-21(15)26)18-6-3-5-17(18)14-8-9-22(27)20(10-14)24(29)30/h1-2,4,7-12H,3,5-6,13H2,(H,29,30). The number of nitrogens with zero attached hydrogens (tertiary/aromatic N) is 1. The van der Waals surface area contributed by atoms with Crippen molar-refractivity contribution in [3.63, 3.8) is 0 Å². The molecule has 0 saturated heterocycles. The quantitative estimate of drug-likeness (QED) is 0.481. The lowest BCUT2D eigenvalue weighted by molar-refractivity contribution is 0.0692. The first-order valence-electron chi connectivity index (χ1n) is 9.71. The summed E-state index contributed by atoms with van der Waals surface area (Å²) in [6.07, 6.45) is 3.69. The van der Waals surface area contributed by atoms with Crippen molar-refractivity contribution in [1.29, 1.82) is 0 Å². The van der Waals surface area contributed by atoms with Crippen LogP contribution in [0.1, 0.15) is 46.3 Å². The third-order valence-corrected chi connectivity index (χ3v) is 5.43. The molecule has 4 nitrogen and oxygen atoms in total. The number of benzene rings is 2. The zero-order valence-corrected chi connectivity index (χ0v) is 17.1. The second-order valence-corrected chi connectivity index (χ2v) is 7.63. The van der Waals surface area contributed by atoms with E-state index in [1.807, 2.05) is 0 Å². The largest absolute Gasteiger partial charge is 0.478 e. The summed E-state index contributed by atoms with van der Waals surface area (Å²) < 4.78 is 33.7. The van der Waals surface area contributed by atoms with Crippen molar-refractivity contribution in [1.82, 2.24) is 4.98 Å². The second kappa shape index (κ2) is 8.86. The molecule has 0 radical (unpaired) electrons. The van der Waals surface area contributed by atoms with E-state index in [0.717, 1.165) is 23.6 Å². The zero-order chi connectivity index (χ0) is 22.0. The van der Waals surface area contributed by atoms with Gasteiger partial charge in [-0.25, -0.2) is 18.6 Å². The van der Waals surface area contributed by atoms with Gasteiger partial charge in [0.05, 0.1) is 10.6 Å². The molecule has 31 heavy (non-hydrogen) atoms. The Kier molecular flexibility index (Phi) is 6.00. The Morgan fingerprint density at radius 2 is 1.84 bits per heavy atom. The molecule has 0 fully saturated rings. The van der Waals surface area contributed by atoms with Crippen molar-refractivity contribution in [2.75, 3.05) is 0 Å². The summed E-state index contributed by atoms with van der Waals surface area (Å²) in [5.74, 6) is -2.17. The van der Waals surface area contributed by atoms with Gasteiger partial charge in [0, 0.05) is 17.3 Å². The highest BCUT2D eigenvalue weighted by Gasteiger charge is 2.23. The van der Waals surface area contributed by atoms with Crippen molar-refractivity contribution < 1.29 is 23.4 Å². The third-order valence-electron chi connectivity index (χ3n) is 5.23. The van der Waals surface area contributed by atoms with Crippen LogP contribution in [0.15, 0.2) is 54.7 Å². The average molecular weight is 442 g/mol. The van der Waals surface area contributed by atoms with Crippen LogP contribution in [0, 0.1) is 11.6 Å². The number of hydrogen-bond acceptors (Lipinski definition) is 3. The first-order valence-corrected chi connectivity index (χ1v) is 10.1. The van der Waals surface area contributed by atoms with Crippen molar-refractivity contribution >= 4 is 28.7 Å². The van der Waals surface area contributed by atoms with E-state index >= 15 is 0 Å². The van der Waals surface area contributed by atoms with Crippen LogP contribution in [-0.4, -0.2) is 16.1 Å². The number of carbonyl (C=O) groups is 1. The molecular formula is C24H18ClF2NO3. The molecule has 0 unspecified atom stereocenters. The van der Waals surface area contributed by atoms with Gasteiger partial charge in [-0.05, 0) is 60.2 Å². The van der Waals surface area contributed by atoms with E-state index in [1.165, 1.54) is 18.3 Å². The summed E-state index contributed by atoms with van der Waals surface area (Å²) >= 11 is 6.19. The number of aromatic nitrogens is 1. The number of ether oxygens (including phenoxy) is 1. The van der Waals surface area contributed by atoms with Crippen LogP contribution in [-0.2, 0) is 6.61 Å². The number of hydrogen-bond donors (Lipinski definition) is 1. The Labute approximate surface area is 182 Å². The number of halogens is 3. The Morgan fingerprint density at radius 3 is 2.61 bits per heavy atom. The maximum atomic E-state index is 14.0. The molecule has 158 valence electrons. The molecule has 1 aromatic heterocycles. The first-order chi connectivity index (χ1) is 14.9. The average Bonchev–Trinajstić information content (AvgIpc) is 3.23. The normalized spacial score (nSPS) is 13.5. The Balaban J connectivity index is 1.74. The van der Waals surface area contributed by atoms with E-state index < -0.39 is 11.8 Å². The van der Waals surface area contributed by atoms with Crippen LogP contribution < -0.4 is 4.74 Å². The molecule has 0 bridgehead atoms. The minimum absolute atomic E-state index is 0.00334. The van der Waals surface area contributed by atoms with Gasteiger partial charge in [-0.1, -0.05) is 35.9 Å². The highest BCUT2D eigenvalue weighted by Crippen LogP contribution is 2.43. The monoisotopic (exact) mass is 441 g/mol. The van der Waals surface area contributed by atoms with Gasteiger partial charge in [0.25, 0.3) is 0 Å². The predicted molar refractivity (Wildman–Crippen MR) is 114 cm³/mol. The van der Waals surface area contributed by atoms with Gasteiger partial charge in [-0.3, -0.25) is 0 Å². The van der Waals surface area contributed by atoms with Crippen LogP contribution in [0.25, 0.3) is 11.1 Å². The van der Waals surface area contributed by atoms with Crippen LogP contribution in [0.2, 0.25) is 5.02 Å². The lowest BCUT2D eigenvalue weighted by Gasteiger charge is -2.14. The van der Waals surface area contributed by atoms with E-state index in [4.69, 9.17) is 16.3 Å². The van der Waals surface area contributed by atoms with E-state index in [9.17, 15) is 18.7 Å². The summed E-state index contributed by atoms with van der Waals surface area (Å²) in [4.78, 5) is 15.6. The fourth-order valence-electron chi connectivity index (χ4n) is 3.76. The Morgan fingerprint density at radius 1 is 1.06 bits per heavy atom. The number of pyridine rings is 1. The molecule has 0 aliphatic heterocycles. The summed E-state index contributed by atoms with van der Waals surface area (Å²) in [7, 11) is 0. The highest BCUT2D eigenvalue weighted by atomic mass is 35.5. The van der Waals surface area contributed by atoms with E-state index in [-0.39, 0.29) is 18.0 Å². The number of rotatable bonds is 6. The fraction of sp³-hybridized carbons (Fsp3) is 0.167. The fourth-order valence-corrected chi connectivity index (χ4v) is 3.91. The third kappa shape index (κ3) is 4.44. The minimum atomic E-state index is -1.32. The number of aromatic carboxylic acids is 1. The lowest BCUT2D eigenvalue weighted by Crippen LogP contribution is -2.03. The van der Waals surface area contributed by atoms with Crippen molar-refractivity contribution in [2.45, 2.75) is 25.9 Å². The maximum Gasteiger partial charge on any atom is 0.338 e. The molecule has 4 rings (SSSR count). The van der Waals surface area contributed by atoms with E-state index in [0.29, 0.717) is 40.4 Å². The van der Waals surface area contributed by atoms with Gasteiger partial charge in [-0.2, -0.15) is 0 Å². The molecule has 2 aromatic carbocycles. The van der Waals surface area contributed by atoms with Crippen molar-refractivity contribution in [3.8, 4) is 5.88 Å². The van der Waals surface area contributed by atoms with Gasteiger partial charge in [0.15, 0.2) is 0 Å². The van der Waals surface area contributed by atoms with Crippen LogP contribution in [0.4, 0.5) is 8.78 Å². The second-order valence-electron chi connectivity index (χ2n) is 7.20. The Hall–Kier alpha value is -3.25. The lowest BCUT2D eigenvalue weighted by atomic mass is 9.96. The van der Waals surface area contributed by atoms with Crippen molar-refractivity contribution in [3.05, 3.63) is 93.6 Å². The molecule has 7 heteroatoms. The van der Waals surface area contributed by atoms with Gasteiger partial charge < -0.3 is 9.84 Å². The number of allylic oxidation sites excluding steroid dienone is 2. The zero-order valence-electron chi connectivity index (χ0n) is 16.4. The van der Waals surface area contributed by atoms with E-state index in [2.05, 4.69) is 4.98 Å². The van der Waals surface area contributed by atoms with Crippen LogP contribution in [0.3, 0.4) is 0 Å². The van der Waals surface area contributed by atoms with E-state index in [1.54, 1.807) is 30.3 Å². The topological polar surface area (TPSA) is 59.4 Å². The molecule has 1 aliphatic rings. The highest BCUT2D eigenvalue weighted by molar-refractivity contribution is 6.30. The summed E-state index contributed by atoms with van der Waals surface area (Å²) in [5, 5.41) is 9.68. The van der Waals surface area contributed by atoms with Gasteiger partial charge in [-0.15, -0.1) is 0 Å². The smallest absolute Gasteiger partial charge is 0.338 e. The van der Waals surface area contributed by atoms with Crippen LogP contribution >= 0.6 is 11.6 Å². The first kappa shape index (κ1) is 21.0. The summed E-state index contributed by atoms with van der Waals surface area (Å²) in [5.41, 5.74) is 3.11. The number of carboxylic acid groups (broad SMARTS) is 1. The summed E-state index contributed by atoms with van der Waals surface area (Å²) in [6, 6.07) is 12.1. The molecule has 0 amide bonds. The molecule has 1 aliphatic carbocycles. The van der Waals surface area contributed by atoms with Crippen molar-refractivity contribution in [2.24, 2.45) is 0 Å². The summed E-state index contributed by atoms with van der Waals surface area (Å²) in [6.45, 7) is -0.00334. The maximum absolute atomic E-state index is 14.0.